The molecule has 0 spiro atoms. The van der Waals surface area contributed by atoms with Crippen molar-refractivity contribution >= 4 is 28.5 Å². The lowest BCUT2D eigenvalue weighted by Crippen LogP contribution is -2.13. The quantitative estimate of drug-likeness (QED) is 0.252. The lowest BCUT2D eigenvalue weighted by atomic mass is 10.1. The molecule has 1 N–H and O–H groups in total. The van der Waals surface area contributed by atoms with Crippen molar-refractivity contribution in [3.8, 4) is 29.1 Å². The Balaban J connectivity index is 1.54. The number of carbonyl (C=O) groups excluding carboxylic acids is 1. The van der Waals surface area contributed by atoms with Crippen LogP contribution in [-0.2, 0) is 4.79 Å². The van der Waals surface area contributed by atoms with Crippen molar-refractivity contribution in [2.45, 2.75) is 6.42 Å². The molecule has 1 amide bonds. The van der Waals surface area contributed by atoms with Crippen LogP contribution >= 0.6 is 11.3 Å². The Hall–Kier alpha value is -4.03. The second kappa shape index (κ2) is 12.1. The number of ether oxygens (including phenoxy) is 4. The summed E-state index contributed by atoms with van der Waals surface area (Å²) < 4.78 is 22.0. The van der Waals surface area contributed by atoms with Crippen molar-refractivity contribution in [1.82, 2.24) is 4.98 Å². The van der Waals surface area contributed by atoms with Gasteiger partial charge >= 0.3 is 0 Å². The second-order valence-electron chi connectivity index (χ2n) is 6.60. The van der Waals surface area contributed by atoms with Gasteiger partial charge in [0, 0.05) is 18.0 Å². The number of carbonyl (C=O) groups is 1. The van der Waals surface area contributed by atoms with Gasteiger partial charge in [-0.25, -0.2) is 4.98 Å². The second-order valence-corrected chi connectivity index (χ2v) is 7.49. The lowest BCUT2D eigenvalue weighted by molar-refractivity contribution is -0.112. The summed E-state index contributed by atoms with van der Waals surface area (Å²) in [6.07, 6.45) is 3.73. The molecule has 0 aliphatic heterocycles. The number of thiazole rings is 1. The summed E-state index contributed by atoms with van der Waals surface area (Å²) >= 11 is 1.27. The first-order valence-electron chi connectivity index (χ1n) is 10.0. The highest BCUT2D eigenvalue weighted by Crippen LogP contribution is 2.29. The first-order chi connectivity index (χ1) is 16.1. The Morgan fingerprint density at radius 1 is 1.06 bits per heavy atom. The van der Waals surface area contributed by atoms with Crippen LogP contribution in [-0.4, -0.2) is 38.3 Å². The standard InChI is InChI=1S/C24H23N3O5S/c1-29-19-5-7-20(8-6-19)31-11-3-12-32-21-9-4-17(15-22(21)30-2)14-18(16-25)23(28)27-24-26-10-13-33-24/h4-10,13-15H,3,11-12H2,1-2H3,(H,26,27,28). The highest BCUT2D eigenvalue weighted by molar-refractivity contribution is 7.13. The zero-order valence-electron chi connectivity index (χ0n) is 18.2. The van der Waals surface area contributed by atoms with Gasteiger partial charge in [-0.2, -0.15) is 5.26 Å². The van der Waals surface area contributed by atoms with Gasteiger partial charge in [-0.15, -0.1) is 11.3 Å². The monoisotopic (exact) mass is 465 g/mol. The zero-order chi connectivity index (χ0) is 23.5. The molecule has 1 aromatic heterocycles. The van der Waals surface area contributed by atoms with Crippen LogP contribution in [0, 0.1) is 11.3 Å². The minimum absolute atomic E-state index is 0.0448. The van der Waals surface area contributed by atoms with E-state index in [1.54, 1.807) is 36.9 Å². The molecule has 3 aromatic rings. The predicted octanol–water partition coefficient (Wildman–Crippen LogP) is 4.55. The maximum Gasteiger partial charge on any atom is 0.268 e. The number of hydrogen-bond donors (Lipinski definition) is 1. The van der Waals surface area contributed by atoms with Crippen molar-refractivity contribution in [3.63, 3.8) is 0 Å². The van der Waals surface area contributed by atoms with Gasteiger partial charge in [0.25, 0.3) is 5.91 Å². The number of methoxy groups -OCH3 is 2. The number of amides is 1. The Morgan fingerprint density at radius 3 is 2.48 bits per heavy atom. The van der Waals surface area contributed by atoms with Gasteiger partial charge in [-0.05, 0) is 48.0 Å². The minimum atomic E-state index is -0.524. The van der Waals surface area contributed by atoms with Crippen molar-refractivity contribution in [3.05, 3.63) is 65.2 Å². The smallest absolute Gasteiger partial charge is 0.268 e. The van der Waals surface area contributed by atoms with Crippen LogP contribution in [0.1, 0.15) is 12.0 Å². The van der Waals surface area contributed by atoms with Crippen molar-refractivity contribution in [1.29, 1.82) is 5.26 Å². The van der Waals surface area contributed by atoms with Crippen LogP contribution in [0.5, 0.6) is 23.0 Å². The summed E-state index contributed by atoms with van der Waals surface area (Å²) in [5, 5.41) is 14.1. The van der Waals surface area contributed by atoms with E-state index < -0.39 is 5.91 Å². The van der Waals surface area contributed by atoms with Crippen molar-refractivity contribution in [2.24, 2.45) is 0 Å². The summed E-state index contributed by atoms with van der Waals surface area (Å²) in [6, 6.07) is 14.5. The van der Waals surface area contributed by atoms with Crippen molar-refractivity contribution in [2.75, 3.05) is 32.8 Å². The molecule has 0 unspecified atom stereocenters. The molecule has 170 valence electrons. The Kier molecular flexibility index (Phi) is 8.68. The SMILES string of the molecule is COc1ccc(OCCCOc2ccc(C=C(C#N)C(=O)Nc3nccs3)cc2OC)cc1. The molecular weight excluding hydrogens is 442 g/mol. The third kappa shape index (κ3) is 6.98. The number of benzene rings is 2. The molecule has 2 aromatic carbocycles. The highest BCUT2D eigenvalue weighted by Gasteiger charge is 2.12. The van der Waals surface area contributed by atoms with E-state index in [1.807, 2.05) is 30.3 Å². The molecule has 33 heavy (non-hydrogen) atoms. The van der Waals surface area contributed by atoms with E-state index in [1.165, 1.54) is 24.5 Å². The maximum atomic E-state index is 12.3. The normalized spacial score (nSPS) is 10.8. The van der Waals surface area contributed by atoms with Gasteiger partial charge in [0.05, 0.1) is 27.4 Å². The van der Waals surface area contributed by atoms with Crippen LogP contribution in [0.3, 0.4) is 0 Å². The highest BCUT2D eigenvalue weighted by atomic mass is 32.1. The summed E-state index contributed by atoms with van der Waals surface area (Å²) in [7, 11) is 3.15. The molecule has 3 rings (SSSR count). The fraction of sp³-hybridized carbons (Fsp3) is 0.208. The fourth-order valence-electron chi connectivity index (χ4n) is 2.76. The molecule has 1 heterocycles. The summed E-state index contributed by atoms with van der Waals surface area (Å²) in [4.78, 5) is 16.3. The van der Waals surface area contributed by atoms with Crippen LogP contribution in [0.25, 0.3) is 6.08 Å². The number of aromatic nitrogens is 1. The molecule has 0 saturated carbocycles. The van der Waals surface area contributed by atoms with Crippen LogP contribution < -0.4 is 24.3 Å². The molecule has 0 aliphatic rings. The Morgan fingerprint density at radius 2 is 1.82 bits per heavy atom. The van der Waals surface area contributed by atoms with Gasteiger partial charge in [0.1, 0.15) is 23.1 Å². The van der Waals surface area contributed by atoms with Crippen molar-refractivity contribution < 1.29 is 23.7 Å². The molecule has 9 heteroatoms. The number of anilines is 1. The largest absolute Gasteiger partial charge is 0.497 e. The van der Waals surface area contributed by atoms with E-state index in [2.05, 4.69) is 10.3 Å². The molecular formula is C24H23N3O5S. The lowest BCUT2D eigenvalue weighted by Gasteiger charge is -2.12. The summed E-state index contributed by atoms with van der Waals surface area (Å²) in [6.45, 7) is 0.927. The first kappa shape index (κ1) is 23.6. The number of hydrogen-bond acceptors (Lipinski definition) is 8. The molecule has 0 atom stereocenters. The Labute approximate surface area is 196 Å². The first-order valence-corrected chi connectivity index (χ1v) is 10.9. The summed E-state index contributed by atoms with van der Waals surface area (Å²) in [5.41, 5.74) is 0.587. The topological polar surface area (TPSA) is 103 Å². The van der Waals surface area contributed by atoms with Gasteiger partial charge in [-0.1, -0.05) is 6.07 Å². The fourth-order valence-corrected chi connectivity index (χ4v) is 3.29. The van der Waals surface area contributed by atoms with E-state index in [0.717, 1.165) is 11.5 Å². The Bertz CT molecular complexity index is 1120. The molecule has 0 aliphatic carbocycles. The van der Waals surface area contributed by atoms with E-state index in [0.29, 0.717) is 41.8 Å². The number of nitrogens with zero attached hydrogens (tertiary/aromatic N) is 2. The third-order valence-corrected chi connectivity index (χ3v) is 5.08. The van der Waals surface area contributed by atoms with Crippen LogP contribution in [0.4, 0.5) is 5.13 Å². The van der Waals surface area contributed by atoms with Gasteiger partial charge in [-0.3, -0.25) is 10.1 Å². The van der Waals surface area contributed by atoms with Gasteiger partial charge in [0.2, 0.25) is 0 Å². The number of nitrogens with one attached hydrogen (secondary N) is 1. The van der Waals surface area contributed by atoms with E-state index in [-0.39, 0.29) is 5.57 Å². The number of rotatable bonds is 11. The van der Waals surface area contributed by atoms with E-state index >= 15 is 0 Å². The van der Waals surface area contributed by atoms with Gasteiger partial charge in [0.15, 0.2) is 16.6 Å². The van der Waals surface area contributed by atoms with Crippen LogP contribution in [0.15, 0.2) is 59.6 Å². The van der Waals surface area contributed by atoms with Gasteiger partial charge < -0.3 is 18.9 Å². The molecule has 0 fully saturated rings. The molecule has 0 bridgehead atoms. The third-order valence-electron chi connectivity index (χ3n) is 4.39. The minimum Gasteiger partial charge on any atom is -0.497 e. The zero-order valence-corrected chi connectivity index (χ0v) is 19.1. The van der Waals surface area contributed by atoms with E-state index in [4.69, 9.17) is 18.9 Å². The average Bonchev–Trinajstić information content (AvgIpc) is 3.36. The van der Waals surface area contributed by atoms with E-state index in [9.17, 15) is 10.1 Å². The van der Waals surface area contributed by atoms with Crippen LogP contribution in [0.2, 0.25) is 0 Å². The summed E-state index contributed by atoms with van der Waals surface area (Å²) in [5.74, 6) is 2.07. The molecule has 0 radical (unpaired) electrons. The molecule has 8 nitrogen and oxygen atoms in total. The molecule has 0 saturated heterocycles. The average molecular weight is 466 g/mol. The maximum absolute atomic E-state index is 12.3. The predicted molar refractivity (Wildman–Crippen MR) is 126 cm³/mol. The number of nitriles is 1.